The van der Waals surface area contributed by atoms with E-state index in [0.717, 1.165) is 42.8 Å². The van der Waals surface area contributed by atoms with Crippen LogP contribution in [0.2, 0.25) is 0 Å². The van der Waals surface area contributed by atoms with E-state index in [4.69, 9.17) is 4.74 Å². The van der Waals surface area contributed by atoms with Gasteiger partial charge in [0.1, 0.15) is 0 Å². The lowest BCUT2D eigenvalue weighted by molar-refractivity contribution is -0.139. The number of fused-ring (bicyclic) bond motifs is 1. The van der Waals surface area contributed by atoms with Gasteiger partial charge in [0, 0.05) is 22.6 Å². The Morgan fingerprint density at radius 2 is 1.58 bits per heavy atom. The molecule has 0 bridgehead atoms. The standard InChI is InChI=1S/C24H26N2O5/c1-14-12-20(15(2)26(14)17-10-8-16(9-11-17)24(30)31-3)21(27)13-25-22(28)18-6-4-5-7-19(18)23(25)29/h8-12,18-19H,4-7,13H2,1-3H3/t18-,19-/m1/s1. The first-order valence-electron chi connectivity index (χ1n) is 10.6. The summed E-state index contributed by atoms with van der Waals surface area (Å²) in [6, 6.07) is 8.71. The number of amides is 2. The van der Waals surface area contributed by atoms with Gasteiger partial charge in [0.25, 0.3) is 0 Å². The van der Waals surface area contributed by atoms with Crippen LogP contribution < -0.4 is 0 Å². The third-order valence-electron chi connectivity index (χ3n) is 6.51. The highest BCUT2D eigenvalue weighted by molar-refractivity contribution is 6.10. The van der Waals surface area contributed by atoms with Crippen molar-refractivity contribution in [3.05, 3.63) is 52.8 Å². The molecule has 2 amide bonds. The average Bonchev–Trinajstić information content (AvgIpc) is 3.21. The van der Waals surface area contributed by atoms with E-state index in [0.29, 0.717) is 11.1 Å². The molecule has 2 fully saturated rings. The van der Waals surface area contributed by atoms with Crippen LogP contribution >= 0.6 is 0 Å². The SMILES string of the molecule is COC(=O)c1ccc(-n2c(C)cc(C(=O)CN3C(=O)[C@@H]4CCCC[C@H]4C3=O)c2C)cc1. The number of carbonyl (C=O) groups excluding carboxylic acids is 4. The first kappa shape index (κ1) is 21.0. The minimum absolute atomic E-state index is 0.199. The van der Waals surface area contributed by atoms with Crippen molar-refractivity contribution in [2.75, 3.05) is 13.7 Å². The Balaban J connectivity index is 1.57. The van der Waals surface area contributed by atoms with Gasteiger partial charge in [-0.1, -0.05) is 12.8 Å². The predicted molar refractivity (Wildman–Crippen MR) is 113 cm³/mol. The molecule has 1 aliphatic heterocycles. The van der Waals surface area contributed by atoms with E-state index < -0.39 is 5.97 Å². The number of hydrogen-bond acceptors (Lipinski definition) is 5. The van der Waals surface area contributed by atoms with Crippen LogP contribution in [-0.2, 0) is 14.3 Å². The number of ketones is 1. The number of hydrogen-bond donors (Lipinski definition) is 0. The van der Waals surface area contributed by atoms with Crippen LogP contribution in [0.15, 0.2) is 30.3 Å². The number of esters is 1. The average molecular weight is 422 g/mol. The second-order valence-electron chi connectivity index (χ2n) is 8.34. The first-order valence-corrected chi connectivity index (χ1v) is 10.6. The Morgan fingerprint density at radius 3 is 2.13 bits per heavy atom. The summed E-state index contributed by atoms with van der Waals surface area (Å²) in [6.45, 7) is 3.51. The number of carbonyl (C=O) groups is 4. The lowest BCUT2D eigenvalue weighted by Crippen LogP contribution is -2.36. The van der Waals surface area contributed by atoms with Gasteiger partial charge in [-0.3, -0.25) is 19.3 Å². The maximum absolute atomic E-state index is 13.1. The highest BCUT2D eigenvalue weighted by Crippen LogP contribution is 2.38. The smallest absolute Gasteiger partial charge is 0.337 e. The van der Waals surface area contributed by atoms with Gasteiger partial charge < -0.3 is 9.30 Å². The number of Topliss-reactive ketones (excluding diaryl/α,β-unsaturated/α-hetero) is 1. The van der Waals surface area contributed by atoms with Crippen LogP contribution in [0.3, 0.4) is 0 Å². The van der Waals surface area contributed by atoms with Crippen LogP contribution in [-0.4, -0.2) is 46.7 Å². The van der Waals surface area contributed by atoms with Crippen molar-refractivity contribution < 1.29 is 23.9 Å². The number of aryl methyl sites for hydroxylation is 1. The molecule has 1 aromatic carbocycles. The van der Waals surface area contributed by atoms with Gasteiger partial charge in [-0.15, -0.1) is 0 Å². The molecule has 31 heavy (non-hydrogen) atoms. The zero-order chi connectivity index (χ0) is 22.3. The number of ether oxygens (including phenoxy) is 1. The summed E-state index contributed by atoms with van der Waals surface area (Å²) in [7, 11) is 1.33. The molecule has 1 aromatic heterocycles. The Bertz CT molecular complexity index is 1040. The molecule has 0 radical (unpaired) electrons. The van der Waals surface area contributed by atoms with Gasteiger partial charge in [0.2, 0.25) is 11.8 Å². The molecule has 0 N–H and O–H groups in total. The van der Waals surface area contributed by atoms with E-state index in [1.54, 1.807) is 30.3 Å². The topological polar surface area (TPSA) is 85.7 Å². The van der Waals surface area contributed by atoms with Crippen LogP contribution in [0.5, 0.6) is 0 Å². The fourth-order valence-electron chi connectivity index (χ4n) is 4.92. The Hall–Kier alpha value is -3.22. The van der Waals surface area contributed by atoms with Gasteiger partial charge >= 0.3 is 5.97 Å². The van der Waals surface area contributed by atoms with Gasteiger partial charge in [0.05, 0.1) is 31.1 Å². The molecule has 7 heteroatoms. The van der Waals surface area contributed by atoms with E-state index >= 15 is 0 Å². The summed E-state index contributed by atoms with van der Waals surface area (Å²) >= 11 is 0. The van der Waals surface area contributed by atoms with Crippen molar-refractivity contribution in [1.82, 2.24) is 9.47 Å². The number of rotatable bonds is 5. The molecule has 2 aliphatic rings. The van der Waals surface area contributed by atoms with E-state index in [2.05, 4.69) is 0 Å². The molecular weight excluding hydrogens is 396 g/mol. The Morgan fingerprint density at radius 1 is 1.00 bits per heavy atom. The number of benzene rings is 1. The maximum Gasteiger partial charge on any atom is 0.337 e. The molecule has 4 rings (SSSR count). The molecule has 2 heterocycles. The van der Waals surface area contributed by atoms with E-state index in [9.17, 15) is 19.2 Å². The minimum Gasteiger partial charge on any atom is -0.465 e. The monoisotopic (exact) mass is 422 g/mol. The van der Waals surface area contributed by atoms with Crippen LogP contribution in [0.1, 0.15) is 57.8 Å². The minimum atomic E-state index is -0.413. The molecule has 162 valence electrons. The summed E-state index contributed by atoms with van der Waals surface area (Å²) in [5.41, 5.74) is 3.31. The maximum atomic E-state index is 13.1. The van der Waals surface area contributed by atoms with Gasteiger partial charge in [0.15, 0.2) is 5.78 Å². The van der Waals surface area contributed by atoms with E-state index in [-0.39, 0.29) is 36.0 Å². The highest BCUT2D eigenvalue weighted by Gasteiger charge is 2.48. The summed E-state index contributed by atoms with van der Waals surface area (Å²) in [4.78, 5) is 51.3. The van der Waals surface area contributed by atoms with Gasteiger partial charge in [-0.2, -0.15) is 0 Å². The summed E-state index contributed by atoms with van der Waals surface area (Å²) in [6.07, 6.45) is 3.38. The number of aromatic nitrogens is 1. The molecule has 2 atom stereocenters. The third-order valence-corrected chi connectivity index (χ3v) is 6.51. The van der Waals surface area contributed by atoms with Crippen molar-refractivity contribution in [1.29, 1.82) is 0 Å². The Kier molecular flexibility index (Phi) is 5.52. The Labute approximate surface area is 181 Å². The van der Waals surface area contributed by atoms with Crippen molar-refractivity contribution in [3.8, 4) is 5.69 Å². The zero-order valence-electron chi connectivity index (χ0n) is 18.0. The molecular formula is C24H26N2O5. The largest absolute Gasteiger partial charge is 0.465 e. The molecule has 1 saturated heterocycles. The second kappa shape index (κ2) is 8.13. The van der Waals surface area contributed by atoms with Crippen molar-refractivity contribution >= 4 is 23.6 Å². The molecule has 7 nitrogen and oxygen atoms in total. The highest BCUT2D eigenvalue weighted by atomic mass is 16.5. The molecule has 1 saturated carbocycles. The van der Waals surface area contributed by atoms with Crippen LogP contribution in [0, 0.1) is 25.7 Å². The summed E-state index contributed by atoms with van der Waals surface area (Å²) in [5.74, 6) is -1.56. The van der Waals surface area contributed by atoms with Crippen LogP contribution in [0.4, 0.5) is 0 Å². The van der Waals surface area contributed by atoms with Crippen molar-refractivity contribution in [2.45, 2.75) is 39.5 Å². The first-order chi connectivity index (χ1) is 14.8. The van der Waals surface area contributed by atoms with Crippen molar-refractivity contribution in [2.24, 2.45) is 11.8 Å². The van der Waals surface area contributed by atoms with Crippen molar-refractivity contribution in [3.63, 3.8) is 0 Å². The number of imide groups is 1. The quantitative estimate of drug-likeness (QED) is 0.420. The lowest BCUT2D eigenvalue weighted by Gasteiger charge is -2.19. The lowest BCUT2D eigenvalue weighted by atomic mass is 9.81. The molecule has 2 aromatic rings. The van der Waals surface area contributed by atoms with Crippen LogP contribution in [0.25, 0.3) is 5.69 Å². The number of nitrogens with zero attached hydrogens (tertiary/aromatic N) is 2. The predicted octanol–water partition coefficient (Wildman–Crippen LogP) is 3.24. The second-order valence-corrected chi connectivity index (χ2v) is 8.34. The number of methoxy groups -OCH3 is 1. The summed E-state index contributed by atoms with van der Waals surface area (Å²) in [5, 5.41) is 0. The van der Waals surface area contributed by atoms with E-state index in [1.807, 2.05) is 18.4 Å². The fourth-order valence-corrected chi connectivity index (χ4v) is 4.92. The zero-order valence-corrected chi connectivity index (χ0v) is 18.0. The molecule has 1 aliphatic carbocycles. The fraction of sp³-hybridized carbons (Fsp3) is 0.417. The summed E-state index contributed by atoms with van der Waals surface area (Å²) < 4.78 is 6.65. The normalized spacial score (nSPS) is 20.7. The third kappa shape index (κ3) is 3.58. The van der Waals surface area contributed by atoms with E-state index in [1.165, 1.54) is 12.0 Å². The number of likely N-dealkylation sites (tertiary alicyclic amines) is 1. The molecule has 0 unspecified atom stereocenters. The van der Waals surface area contributed by atoms with Gasteiger partial charge in [-0.05, 0) is 57.0 Å². The molecule has 0 spiro atoms. The van der Waals surface area contributed by atoms with Gasteiger partial charge in [-0.25, -0.2) is 4.79 Å².